The Morgan fingerprint density at radius 1 is 0.647 bits per heavy atom. The Balaban J connectivity index is 0.000000169. The number of aryl methyl sites for hydroxylation is 2. The summed E-state index contributed by atoms with van der Waals surface area (Å²) in [6, 6.07) is 12.1. The second-order valence-electron chi connectivity index (χ2n) is 16.7. The van der Waals surface area contributed by atoms with Gasteiger partial charge in [0.1, 0.15) is 45.7 Å². The number of methoxy groups -OCH3 is 2. The second-order valence-corrected chi connectivity index (χ2v) is 17.1. The van der Waals surface area contributed by atoms with Crippen LogP contribution in [0.3, 0.4) is 0 Å². The van der Waals surface area contributed by atoms with E-state index in [9.17, 15) is 27.2 Å². The van der Waals surface area contributed by atoms with Crippen molar-refractivity contribution in [2.75, 3.05) is 25.3 Å². The van der Waals surface area contributed by atoms with Crippen LogP contribution in [0, 0.1) is 23.3 Å². The molecule has 21 heteroatoms. The first-order valence-corrected chi connectivity index (χ1v) is 21.0. The molecule has 0 spiro atoms. The Hall–Kier alpha value is -7.61. The van der Waals surface area contributed by atoms with Gasteiger partial charge in [-0.15, -0.1) is 0 Å². The van der Waals surface area contributed by atoms with Gasteiger partial charge in [0.05, 0.1) is 48.8 Å². The number of nitrogens with two attached hydrogens (primary N) is 1. The first-order valence-electron chi connectivity index (χ1n) is 20.6. The number of nitrogen functional groups attached to an aromatic ring is 1. The lowest BCUT2D eigenvalue weighted by Crippen LogP contribution is -2.21. The number of hydrogen-bond donors (Lipinski definition) is 2. The van der Waals surface area contributed by atoms with Crippen LogP contribution in [0.1, 0.15) is 80.3 Å². The van der Waals surface area contributed by atoms with E-state index >= 15 is 0 Å². The predicted octanol–water partition coefficient (Wildman–Crippen LogP) is 9.57. The Morgan fingerprint density at radius 3 is 1.60 bits per heavy atom. The molecule has 0 bridgehead atoms. The number of imidazole rings is 2. The van der Waals surface area contributed by atoms with Crippen LogP contribution in [0.2, 0.25) is 5.28 Å². The van der Waals surface area contributed by atoms with Crippen LogP contribution >= 0.6 is 11.6 Å². The molecule has 352 valence electrons. The van der Waals surface area contributed by atoms with Gasteiger partial charge in [0, 0.05) is 47.4 Å². The standard InChI is InChI=1S/C23H20F2N6O2.C16H13ClF2N4.C7H8N2O2.CH4/c1-23(2)7-6-18-29-20-14(24)8-13(9-16(20)31(18)23)19-15(25)11-27-22(30-19)28-17-5-4-12(10-26-17)21(32)33-3;1-16(2)4-3-12-21-14-9(18)5-8(6-11(14)23(12)16)13-10(19)7-20-15(17)22-13;1-11-7(10)5-2-3-6(8)9-4-5;/h4-5,8-11H,6-7H2,1-3H3,(H,26,27,28,30);5-7H,3-4H2,1-2H3;2-4H,1H3,(H2,8,9);1H4. The molecule has 2 aliphatic heterocycles. The predicted molar refractivity (Wildman–Crippen MR) is 247 cm³/mol. The number of esters is 2. The van der Waals surface area contributed by atoms with Gasteiger partial charge in [0.15, 0.2) is 23.3 Å². The monoisotopic (exact) mass is 952 g/mol. The minimum absolute atomic E-state index is 0. The van der Waals surface area contributed by atoms with E-state index in [0.29, 0.717) is 39.3 Å². The summed E-state index contributed by atoms with van der Waals surface area (Å²) in [5, 5.41) is 2.78. The average Bonchev–Trinajstić information content (AvgIpc) is 4.05. The number of nitrogens with one attached hydrogen (secondary N) is 1. The highest BCUT2D eigenvalue weighted by Crippen LogP contribution is 2.39. The molecule has 10 rings (SSSR count). The number of carbonyl (C=O) groups is 2. The van der Waals surface area contributed by atoms with E-state index in [4.69, 9.17) is 17.3 Å². The van der Waals surface area contributed by atoms with Crippen LogP contribution in [0.4, 0.5) is 35.1 Å². The number of benzene rings is 2. The minimum atomic E-state index is -0.686. The molecule has 2 aromatic carbocycles. The van der Waals surface area contributed by atoms with E-state index in [1.807, 2.05) is 9.13 Å². The maximum absolute atomic E-state index is 14.9. The molecule has 8 heterocycles. The van der Waals surface area contributed by atoms with Gasteiger partial charge in [-0.3, -0.25) is 0 Å². The largest absolute Gasteiger partial charge is 0.465 e. The van der Waals surface area contributed by atoms with Crippen LogP contribution in [-0.4, -0.2) is 75.2 Å². The summed E-state index contributed by atoms with van der Waals surface area (Å²) in [6.07, 6.45) is 8.10. The number of anilines is 3. The zero-order chi connectivity index (χ0) is 47.9. The summed E-state index contributed by atoms with van der Waals surface area (Å²) in [4.78, 5) is 54.7. The minimum Gasteiger partial charge on any atom is -0.465 e. The highest BCUT2D eigenvalue weighted by atomic mass is 35.5. The van der Waals surface area contributed by atoms with E-state index in [-0.39, 0.29) is 57.8 Å². The van der Waals surface area contributed by atoms with Crippen molar-refractivity contribution in [2.24, 2.45) is 0 Å². The lowest BCUT2D eigenvalue weighted by molar-refractivity contribution is 0.0591. The van der Waals surface area contributed by atoms with Crippen molar-refractivity contribution in [1.29, 1.82) is 0 Å². The second kappa shape index (κ2) is 18.9. The van der Waals surface area contributed by atoms with Gasteiger partial charge in [0.2, 0.25) is 11.2 Å². The van der Waals surface area contributed by atoms with Crippen molar-refractivity contribution in [3.05, 3.63) is 125 Å². The molecule has 0 unspecified atom stereocenters. The van der Waals surface area contributed by atoms with Gasteiger partial charge in [0.25, 0.3) is 0 Å². The van der Waals surface area contributed by atoms with Crippen LogP contribution < -0.4 is 11.1 Å². The molecule has 0 saturated heterocycles. The van der Waals surface area contributed by atoms with Crippen LogP contribution in [0.25, 0.3) is 44.6 Å². The van der Waals surface area contributed by atoms with Gasteiger partial charge >= 0.3 is 11.9 Å². The van der Waals surface area contributed by atoms with Crippen molar-refractivity contribution < 1.29 is 36.6 Å². The SMILES string of the molecule is C.CC1(C)CCc2nc3c(F)cc(-c4nc(Cl)ncc4F)cc3n21.COC(=O)c1ccc(N)nc1.COC(=O)c1ccc(Nc2ncc(F)c(-c3cc(F)c4nc5n(c4c3)C(C)(C)CC5)n2)nc1. The Kier molecular flexibility index (Phi) is 13.5. The van der Waals surface area contributed by atoms with E-state index in [0.717, 1.165) is 49.7 Å². The van der Waals surface area contributed by atoms with E-state index < -0.39 is 35.2 Å². The van der Waals surface area contributed by atoms with E-state index in [2.05, 4.69) is 82.4 Å². The number of nitrogens with zero attached hydrogens (tertiary/aromatic N) is 10. The number of carbonyl (C=O) groups excluding carboxylic acids is 2. The van der Waals surface area contributed by atoms with Gasteiger partial charge in [-0.2, -0.15) is 0 Å². The summed E-state index contributed by atoms with van der Waals surface area (Å²) in [6.45, 7) is 8.30. The molecule has 0 radical (unpaired) electrons. The molecule has 2 aliphatic rings. The van der Waals surface area contributed by atoms with Crippen molar-refractivity contribution in [3.63, 3.8) is 0 Å². The first-order chi connectivity index (χ1) is 31.9. The smallest absolute Gasteiger partial charge is 0.339 e. The molecular formula is C47H45ClF4N12O4. The lowest BCUT2D eigenvalue weighted by Gasteiger charge is -2.22. The molecular weight excluding hydrogens is 908 g/mol. The fourth-order valence-corrected chi connectivity index (χ4v) is 8.16. The summed E-state index contributed by atoms with van der Waals surface area (Å²) < 4.78 is 71.3. The molecule has 0 atom stereocenters. The van der Waals surface area contributed by atoms with Crippen LogP contribution in [0.15, 0.2) is 73.3 Å². The van der Waals surface area contributed by atoms with Gasteiger partial charge in [-0.25, -0.2) is 67.0 Å². The Labute approximate surface area is 392 Å². The summed E-state index contributed by atoms with van der Waals surface area (Å²) in [5.41, 5.74) is 7.98. The van der Waals surface area contributed by atoms with Gasteiger partial charge in [-0.05, 0) is 101 Å². The third-order valence-corrected chi connectivity index (χ3v) is 11.5. The average molecular weight is 953 g/mol. The fourth-order valence-electron chi connectivity index (χ4n) is 8.03. The van der Waals surface area contributed by atoms with Crippen molar-refractivity contribution in [2.45, 2.75) is 71.9 Å². The van der Waals surface area contributed by atoms with Crippen molar-refractivity contribution in [3.8, 4) is 22.5 Å². The number of ether oxygens (including phenoxy) is 2. The topological polar surface area (TPSA) is 204 Å². The van der Waals surface area contributed by atoms with Crippen LogP contribution in [0.5, 0.6) is 0 Å². The number of halogens is 5. The normalized spacial score (nSPS) is 13.9. The van der Waals surface area contributed by atoms with Gasteiger partial charge < -0.3 is 29.7 Å². The van der Waals surface area contributed by atoms with Crippen molar-refractivity contribution >= 4 is 63.2 Å². The van der Waals surface area contributed by atoms with E-state index in [1.165, 1.54) is 44.8 Å². The molecule has 3 N–H and O–H groups in total. The number of pyridine rings is 2. The molecule has 68 heavy (non-hydrogen) atoms. The van der Waals surface area contributed by atoms with E-state index in [1.54, 1.807) is 30.3 Å². The summed E-state index contributed by atoms with van der Waals surface area (Å²) in [7, 11) is 2.60. The Bertz CT molecular complexity index is 3220. The Morgan fingerprint density at radius 2 is 1.13 bits per heavy atom. The number of hydrogen-bond acceptors (Lipinski definition) is 14. The van der Waals surface area contributed by atoms with Crippen LogP contribution in [-0.2, 0) is 33.4 Å². The molecule has 8 aromatic rings. The fraction of sp³-hybridized carbons (Fsp3) is 0.277. The molecule has 0 aliphatic carbocycles. The van der Waals surface area contributed by atoms with Gasteiger partial charge in [-0.1, -0.05) is 7.43 Å². The highest BCUT2D eigenvalue weighted by molar-refractivity contribution is 6.28. The maximum Gasteiger partial charge on any atom is 0.339 e. The molecule has 0 fully saturated rings. The molecule has 0 amide bonds. The molecule has 16 nitrogen and oxygen atoms in total. The van der Waals surface area contributed by atoms with Crippen molar-refractivity contribution in [1.82, 2.24) is 49.0 Å². The lowest BCUT2D eigenvalue weighted by atomic mass is 10.0. The molecule has 6 aromatic heterocycles. The molecule has 0 saturated carbocycles. The number of rotatable bonds is 6. The summed E-state index contributed by atoms with van der Waals surface area (Å²) >= 11 is 5.74. The quantitative estimate of drug-likeness (QED) is 0.0906. The zero-order valence-electron chi connectivity index (χ0n) is 36.8. The third kappa shape index (κ3) is 9.49. The third-order valence-electron chi connectivity index (χ3n) is 11.3. The number of aromatic nitrogens is 10. The highest BCUT2D eigenvalue weighted by Gasteiger charge is 2.34. The maximum atomic E-state index is 14.9. The zero-order valence-corrected chi connectivity index (χ0v) is 37.6. The first kappa shape index (κ1) is 48.3. The number of fused-ring (bicyclic) bond motifs is 6. The summed E-state index contributed by atoms with van der Waals surface area (Å²) in [5.74, 6) is -0.808.